The molecule has 0 aromatic heterocycles. The van der Waals surface area contributed by atoms with Crippen LogP contribution in [0, 0.1) is 0 Å². The van der Waals surface area contributed by atoms with E-state index in [-0.39, 0.29) is 3.91 Å². The van der Waals surface area contributed by atoms with Crippen molar-refractivity contribution >= 4 is 26.5 Å². The predicted molar refractivity (Wildman–Crippen MR) is 43.7 cm³/mol. The van der Waals surface area contributed by atoms with Crippen molar-refractivity contribution in [3.63, 3.8) is 0 Å². The largest absolute Gasteiger partial charge is 0.389 e. The van der Waals surface area contributed by atoms with E-state index in [0.717, 1.165) is 0 Å². The molecule has 4 heteroatoms. The molecule has 0 unspecified atom stereocenters. The van der Waals surface area contributed by atoms with Crippen molar-refractivity contribution in [1.82, 2.24) is 5.32 Å². The Labute approximate surface area is 68.0 Å². The van der Waals surface area contributed by atoms with Gasteiger partial charge in [0.25, 0.3) is 3.91 Å². The molecule has 0 saturated carbocycles. The van der Waals surface area contributed by atoms with Crippen LogP contribution in [0.15, 0.2) is 0 Å². The topological polar surface area (TPSA) is 49.3 Å². The summed E-state index contributed by atoms with van der Waals surface area (Å²) in [5.41, 5.74) is -0.805. The van der Waals surface area contributed by atoms with Gasteiger partial charge >= 0.3 is 0 Å². The molecule has 0 aliphatic heterocycles. The fourth-order valence-corrected chi connectivity index (χ4v) is 0.476. The average Bonchev–Trinajstić information content (AvgIpc) is 1.59. The lowest BCUT2D eigenvalue weighted by Gasteiger charge is -2.15. The van der Waals surface area contributed by atoms with Gasteiger partial charge in [-0.25, -0.2) is 0 Å². The third kappa shape index (κ3) is 8.16. The quantitative estimate of drug-likeness (QED) is 0.430. The molecule has 0 spiro atoms. The van der Waals surface area contributed by atoms with E-state index in [1.165, 1.54) is 0 Å². The molecule has 0 aliphatic carbocycles. The summed E-state index contributed by atoms with van der Waals surface area (Å²) in [5.74, 6) is 0. The maximum Gasteiger partial charge on any atom is 0.280 e. The molecule has 0 bridgehead atoms. The first kappa shape index (κ1) is 9.16. The van der Waals surface area contributed by atoms with Crippen LogP contribution in [-0.2, 0) is 0 Å². The maximum absolute atomic E-state index is 10.3. The molecule has 0 aromatic rings. The molecule has 3 nitrogen and oxygen atoms in total. The van der Waals surface area contributed by atoms with E-state index in [1.807, 2.05) is 0 Å². The fourth-order valence-electron chi connectivity index (χ4n) is 0.286. The summed E-state index contributed by atoms with van der Waals surface area (Å²) < 4.78 is -0.144. The molecular formula is C5H10INO2. The second-order valence-corrected chi connectivity index (χ2v) is 3.42. The monoisotopic (exact) mass is 243 g/mol. The van der Waals surface area contributed by atoms with Crippen LogP contribution in [-0.4, -0.2) is 21.2 Å². The third-order valence-electron chi connectivity index (χ3n) is 0.660. The Hall–Kier alpha value is 0.160. The predicted octanol–water partition coefficient (Wildman–Crippen LogP) is 0.902. The lowest BCUT2D eigenvalue weighted by Crippen LogP contribution is -2.35. The first-order chi connectivity index (χ1) is 3.92. The number of hydrogen-bond donors (Lipinski definition) is 2. The highest BCUT2D eigenvalue weighted by Gasteiger charge is 2.11. The van der Waals surface area contributed by atoms with E-state index in [1.54, 1.807) is 36.4 Å². The number of carbonyl (C=O) groups excluding carboxylic acids is 1. The maximum atomic E-state index is 10.3. The van der Waals surface area contributed by atoms with E-state index in [2.05, 4.69) is 5.32 Å². The fraction of sp³-hybridized carbons (Fsp3) is 0.800. The molecular weight excluding hydrogens is 233 g/mol. The van der Waals surface area contributed by atoms with Crippen LogP contribution in [0.3, 0.4) is 0 Å². The van der Waals surface area contributed by atoms with E-state index >= 15 is 0 Å². The normalized spacial score (nSPS) is 11.1. The second-order valence-electron chi connectivity index (χ2n) is 2.44. The number of amides is 1. The molecule has 0 heterocycles. The molecule has 2 N–H and O–H groups in total. The van der Waals surface area contributed by atoms with Gasteiger partial charge in [-0.05, 0) is 13.8 Å². The Morgan fingerprint density at radius 2 is 2.22 bits per heavy atom. The van der Waals surface area contributed by atoms with Crippen LogP contribution in [0.5, 0.6) is 0 Å². The van der Waals surface area contributed by atoms with Gasteiger partial charge < -0.3 is 10.4 Å². The van der Waals surface area contributed by atoms with Crippen LogP contribution in [0.1, 0.15) is 13.8 Å². The number of rotatable bonds is 2. The summed E-state index contributed by atoms with van der Waals surface area (Å²) in [6.07, 6.45) is 0. The molecule has 0 aromatic carbocycles. The summed E-state index contributed by atoms with van der Waals surface area (Å²) in [7, 11) is 0. The van der Waals surface area contributed by atoms with Crippen LogP contribution in [0.2, 0.25) is 0 Å². The minimum absolute atomic E-state index is 0.144. The zero-order valence-corrected chi connectivity index (χ0v) is 7.60. The lowest BCUT2D eigenvalue weighted by atomic mass is 10.1. The highest BCUT2D eigenvalue weighted by atomic mass is 127. The molecule has 9 heavy (non-hydrogen) atoms. The van der Waals surface area contributed by atoms with Gasteiger partial charge in [-0.3, -0.25) is 4.79 Å². The Bertz CT molecular complexity index is 108. The highest BCUT2D eigenvalue weighted by Crippen LogP contribution is 1.97. The number of carbonyl (C=O) groups is 1. The number of aliphatic hydroxyl groups is 1. The number of halogens is 1. The highest BCUT2D eigenvalue weighted by molar-refractivity contribution is 14.1. The van der Waals surface area contributed by atoms with Crippen molar-refractivity contribution in [3.05, 3.63) is 0 Å². The van der Waals surface area contributed by atoms with E-state index in [9.17, 15) is 4.79 Å². The molecule has 0 atom stereocenters. The summed E-state index contributed by atoms with van der Waals surface area (Å²) in [4.78, 5) is 10.3. The summed E-state index contributed by atoms with van der Waals surface area (Å²) in [6.45, 7) is 3.58. The van der Waals surface area contributed by atoms with Gasteiger partial charge in [0, 0.05) is 29.1 Å². The molecule has 0 fully saturated rings. The van der Waals surface area contributed by atoms with Crippen molar-refractivity contribution in [2.45, 2.75) is 19.4 Å². The summed E-state index contributed by atoms with van der Waals surface area (Å²) in [6, 6.07) is 0. The van der Waals surface area contributed by atoms with Gasteiger partial charge in [-0.2, -0.15) is 0 Å². The molecule has 0 rings (SSSR count). The molecule has 54 valence electrons. The smallest absolute Gasteiger partial charge is 0.280 e. The molecule has 0 saturated heterocycles. The standard InChI is InChI=1S/C5H10INO2/c1-5(2,9)3-7-4(6)8/h9H,3H2,1-2H3,(H,7,8). The van der Waals surface area contributed by atoms with E-state index in [4.69, 9.17) is 5.11 Å². The molecule has 0 aliphatic rings. The van der Waals surface area contributed by atoms with Gasteiger partial charge in [0.15, 0.2) is 0 Å². The van der Waals surface area contributed by atoms with Crippen molar-refractivity contribution in [2.75, 3.05) is 6.54 Å². The van der Waals surface area contributed by atoms with Crippen LogP contribution in [0.25, 0.3) is 0 Å². The average molecular weight is 243 g/mol. The number of nitrogens with one attached hydrogen (secondary N) is 1. The van der Waals surface area contributed by atoms with Gasteiger partial charge in [-0.15, -0.1) is 0 Å². The zero-order valence-electron chi connectivity index (χ0n) is 5.44. The Kier molecular flexibility index (Phi) is 3.42. The molecule has 0 radical (unpaired) electrons. The van der Waals surface area contributed by atoms with E-state index in [0.29, 0.717) is 6.54 Å². The van der Waals surface area contributed by atoms with Crippen molar-refractivity contribution in [3.8, 4) is 0 Å². The van der Waals surface area contributed by atoms with Gasteiger partial charge in [0.2, 0.25) is 0 Å². The second kappa shape index (κ2) is 3.36. The van der Waals surface area contributed by atoms with Crippen LogP contribution >= 0.6 is 22.6 Å². The SMILES string of the molecule is CC(C)(O)CNC(=O)I. The lowest BCUT2D eigenvalue weighted by molar-refractivity contribution is 0.0833. The van der Waals surface area contributed by atoms with Crippen LogP contribution < -0.4 is 5.32 Å². The Morgan fingerprint density at radius 3 is 2.33 bits per heavy atom. The summed E-state index contributed by atoms with van der Waals surface area (Å²) >= 11 is 1.62. The van der Waals surface area contributed by atoms with Crippen molar-refractivity contribution in [1.29, 1.82) is 0 Å². The Balaban J connectivity index is 3.39. The van der Waals surface area contributed by atoms with Crippen molar-refractivity contribution < 1.29 is 9.90 Å². The number of hydrogen-bond acceptors (Lipinski definition) is 2. The van der Waals surface area contributed by atoms with Gasteiger partial charge in [0.1, 0.15) is 0 Å². The van der Waals surface area contributed by atoms with Crippen LogP contribution in [0.4, 0.5) is 4.79 Å². The first-order valence-corrected chi connectivity index (χ1v) is 3.65. The van der Waals surface area contributed by atoms with Gasteiger partial charge in [0.05, 0.1) is 5.60 Å². The minimum Gasteiger partial charge on any atom is -0.389 e. The zero-order chi connectivity index (χ0) is 7.49. The van der Waals surface area contributed by atoms with E-state index < -0.39 is 5.60 Å². The Morgan fingerprint density at radius 1 is 1.78 bits per heavy atom. The minimum atomic E-state index is -0.805. The first-order valence-electron chi connectivity index (χ1n) is 2.57. The molecule has 1 amide bonds. The van der Waals surface area contributed by atoms with Gasteiger partial charge in [-0.1, -0.05) is 0 Å². The third-order valence-corrected chi connectivity index (χ3v) is 1.04. The summed E-state index contributed by atoms with van der Waals surface area (Å²) in [5, 5.41) is 11.5. The van der Waals surface area contributed by atoms with Crippen molar-refractivity contribution in [2.24, 2.45) is 0 Å².